The summed E-state index contributed by atoms with van der Waals surface area (Å²) in [6, 6.07) is 0. The Kier molecular flexibility index (Phi) is 9.55. The summed E-state index contributed by atoms with van der Waals surface area (Å²) in [7, 11) is 0. The molecule has 2 N–H and O–H groups in total. The summed E-state index contributed by atoms with van der Waals surface area (Å²) < 4.78 is 0. The molecule has 0 bridgehead atoms. The van der Waals surface area contributed by atoms with Gasteiger partial charge in [-0.05, 0) is 110 Å². The molecule has 9 unspecified atom stereocenters. The first-order valence-corrected chi connectivity index (χ1v) is 14.0. The maximum absolute atomic E-state index is 10.8. The zero-order chi connectivity index (χ0) is 23.6. The van der Waals surface area contributed by atoms with E-state index in [1.165, 1.54) is 44.9 Å². The number of aliphatic hydroxyl groups excluding tert-OH is 2. The molecule has 4 aliphatic carbocycles. The highest BCUT2D eigenvalue weighted by Gasteiger charge is 2.60. The van der Waals surface area contributed by atoms with Crippen molar-refractivity contribution >= 4 is 0 Å². The second-order valence-corrected chi connectivity index (χ2v) is 11.9. The molecular weight excluding hydrogens is 380 g/mol. The number of fused-ring (bicyclic) bond motifs is 5. The lowest BCUT2D eigenvalue weighted by Crippen LogP contribution is -2.54. The van der Waals surface area contributed by atoms with Crippen LogP contribution in [0.1, 0.15) is 120 Å². The molecule has 2 nitrogen and oxygen atoms in total. The molecule has 0 aliphatic heterocycles. The predicted octanol–water partition coefficient (Wildman–Crippen LogP) is 7.71. The molecule has 0 spiro atoms. The Bertz CT molecular complexity index is 545. The minimum Gasteiger partial charge on any atom is -0.393 e. The standard InChI is InChI=1S/C25H44O2.2C2H6/c1-15(2)23(27)16(3)20-8-9-21-19-7-6-17-14-18(26)10-12-24(17,4)22(19)11-13-25(20,21)5;2*1-2/h15-23,26-27H,6-14H2,1-5H3;2*1-2H3/t16-,17?,18?,19?,20?,21?,22?,23?,24?,25?;;/m0../s1. The summed E-state index contributed by atoms with van der Waals surface area (Å²) >= 11 is 0. The number of hydrogen-bond donors (Lipinski definition) is 2. The van der Waals surface area contributed by atoms with Crippen LogP contribution < -0.4 is 0 Å². The van der Waals surface area contributed by atoms with Gasteiger partial charge in [0.05, 0.1) is 12.2 Å². The van der Waals surface area contributed by atoms with Gasteiger partial charge in [-0.25, -0.2) is 0 Å². The average molecular weight is 437 g/mol. The van der Waals surface area contributed by atoms with Crippen LogP contribution in [-0.2, 0) is 0 Å². The van der Waals surface area contributed by atoms with Gasteiger partial charge in [0.2, 0.25) is 0 Å². The van der Waals surface area contributed by atoms with Gasteiger partial charge < -0.3 is 10.2 Å². The zero-order valence-corrected chi connectivity index (χ0v) is 22.5. The van der Waals surface area contributed by atoms with Crippen LogP contribution in [0.15, 0.2) is 0 Å². The molecule has 2 heteroatoms. The third-order valence-electron chi connectivity index (χ3n) is 10.6. The maximum atomic E-state index is 10.8. The van der Waals surface area contributed by atoms with Gasteiger partial charge in [0.1, 0.15) is 0 Å². The van der Waals surface area contributed by atoms with Crippen molar-refractivity contribution in [3.8, 4) is 0 Å². The van der Waals surface area contributed by atoms with Crippen molar-refractivity contribution in [3.63, 3.8) is 0 Å². The van der Waals surface area contributed by atoms with Crippen LogP contribution in [0.3, 0.4) is 0 Å². The molecule has 0 aromatic heterocycles. The molecule has 10 atom stereocenters. The lowest BCUT2D eigenvalue weighted by Gasteiger charge is -2.61. The highest BCUT2D eigenvalue weighted by atomic mass is 16.3. The first-order chi connectivity index (χ1) is 14.7. The van der Waals surface area contributed by atoms with Crippen molar-refractivity contribution in [2.45, 2.75) is 132 Å². The summed E-state index contributed by atoms with van der Waals surface area (Å²) in [5, 5.41) is 21.0. The molecule has 0 aromatic carbocycles. The van der Waals surface area contributed by atoms with Gasteiger partial charge in [0.25, 0.3) is 0 Å². The van der Waals surface area contributed by atoms with E-state index in [0.29, 0.717) is 28.6 Å². The highest BCUT2D eigenvalue weighted by Crippen LogP contribution is 2.68. The van der Waals surface area contributed by atoms with E-state index in [1.54, 1.807) is 0 Å². The Balaban J connectivity index is 0.000000807. The van der Waals surface area contributed by atoms with E-state index in [0.717, 1.165) is 36.5 Å². The third-order valence-corrected chi connectivity index (χ3v) is 10.6. The molecule has 184 valence electrons. The summed E-state index contributed by atoms with van der Waals surface area (Å²) in [6.45, 7) is 19.9. The van der Waals surface area contributed by atoms with Crippen molar-refractivity contribution in [3.05, 3.63) is 0 Å². The van der Waals surface area contributed by atoms with E-state index in [2.05, 4.69) is 34.6 Å². The molecule has 0 amide bonds. The highest BCUT2D eigenvalue weighted by molar-refractivity contribution is 5.10. The van der Waals surface area contributed by atoms with Gasteiger partial charge >= 0.3 is 0 Å². The van der Waals surface area contributed by atoms with Crippen molar-refractivity contribution < 1.29 is 10.2 Å². The molecule has 31 heavy (non-hydrogen) atoms. The van der Waals surface area contributed by atoms with Gasteiger partial charge in [-0.15, -0.1) is 0 Å². The fraction of sp³-hybridized carbons (Fsp3) is 1.00. The van der Waals surface area contributed by atoms with Crippen molar-refractivity contribution in [1.82, 2.24) is 0 Å². The minimum absolute atomic E-state index is 0.0392. The molecular formula is C29H56O2. The quantitative estimate of drug-likeness (QED) is 0.475. The molecule has 0 saturated heterocycles. The molecule has 4 rings (SSSR count). The molecule has 4 saturated carbocycles. The van der Waals surface area contributed by atoms with Crippen molar-refractivity contribution in [1.29, 1.82) is 0 Å². The second kappa shape index (κ2) is 10.9. The lowest BCUT2D eigenvalue weighted by molar-refractivity contribution is -0.132. The van der Waals surface area contributed by atoms with Crippen LogP contribution in [0, 0.1) is 52.3 Å². The van der Waals surface area contributed by atoms with Crippen LogP contribution in [0.4, 0.5) is 0 Å². The first kappa shape index (κ1) is 27.2. The second-order valence-electron chi connectivity index (χ2n) is 11.9. The number of rotatable bonds is 3. The SMILES string of the molecule is CC.CC.CC(C)C(O)[C@@H](C)C1CCC2C3CCC4CC(O)CCC4(C)C3CCC21C. The Morgan fingerprint density at radius 1 is 0.742 bits per heavy atom. The van der Waals surface area contributed by atoms with Crippen LogP contribution >= 0.6 is 0 Å². The molecule has 0 heterocycles. The fourth-order valence-corrected chi connectivity index (χ4v) is 8.98. The van der Waals surface area contributed by atoms with Crippen LogP contribution in [0.2, 0.25) is 0 Å². The van der Waals surface area contributed by atoms with Gasteiger partial charge in [-0.1, -0.05) is 62.3 Å². The van der Waals surface area contributed by atoms with Crippen LogP contribution in [-0.4, -0.2) is 22.4 Å². The topological polar surface area (TPSA) is 40.5 Å². The summed E-state index contributed by atoms with van der Waals surface area (Å²) in [5.74, 6) is 4.88. The summed E-state index contributed by atoms with van der Waals surface area (Å²) in [5.41, 5.74) is 0.915. The van der Waals surface area contributed by atoms with E-state index in [4.69, 9.17) is 0 Å². The Hall–Kier alpha value is -0.0800. The molecule has 4 fully saturated rings. The van der Waals surface area contributed by atoms with Gasteiger partial charge in [0, 0.05) is 0 Å². The first-order valence-electron chi connectivity index (χ1n) is 14.0. The van der Waals surface area contributed by atoms with Gasteiger partial charge in [-0.3, -0.25) is 0 Å². The largest absolute Gasteiger partial charge is 0.393 e. The predicted molar refractivity (Wildman–Crippen MR) is 134 cm³/mol. The zero-order valence-electron chi connectivity index (χ0n) is 22.5. The third kappa shape index (κ3) is 4.77. The van der Waals surface area contributed by atoms with Crippen molar-refractivity contribution in [2.24, 2.45) is 52.3 Å². The Labute approximate surface area is 195 Å². The van der Waals surface area contributed by atoms with E-state index in [9.17, 15) is 10.2 Å². The smallest absolute Gasteiger partial charge is 0.0591 e. The minimum atomic E-state index is -0.156. The average Bonchev–Trinajstić information content (AvgIpc) is 3.13. The molecule has 0 aromatic rings. The van der Waals surface area contributed by atoms with Crippen LogP contribution in [0.5, 0.6) is 0 Å². The van der Waals surface area contributed by atoms with Crippen LogP contribution in [0.25, 0.3) is 0 Å². The maximum Gasteiger partial charge on any atom is 0.0591 e. The molecule has 4 aliphatic rings. The Morgan fingerprint density at radius 3 is 1.94 bits per heavy atom. The van der Waals surface area contributed by atoms with Crippen molar-refractivity contribution in [2.75, 3.05) is 0 Å². The van der Waals surface area contributed by atoms with E-state index >= 15 is 0 Å². The number of hydrogen-bond acceptors (Lipinski definition) is 2. The number of aliphatic hydroxyl groups is 2. The normalized spacial score (nSPS) is 45.7. The fourth-order valence-electron chi connectivity index (χ4n) is 8.98. The Morgan fingerprint density at radius 2 is 1.32 bits per heavy atom. The molecule has 0 radical (unpaired) electrons. The van der Waals surface area contributed by atoms with E-state index < -0.39 is 0 Å². The monoisotopic (exact) mass is 436 g/mol. The van der Waals surface area contributed by atoms with E-state index in [1.807, 2.05) is 27.7 Å². The summed E-state index contributed by atoms with van der Waals surface area (Å²) in [6.07, 6.45) is 11.3. The van der Waals surface area contributed by atoms with Gasteiger partial charge in [0.15, 0.2) is 0 Å². The lowest BCUT2D eigenvalue weighted by atomic mass is 9.44. The summed E-state index contributed by atoms with van der Waals surface area (Å²) in [4.78, 5) is 0. The van der Waals surface area contributed by atoms with E-state index in [-0.39, 0.29) is 12.2 Å². The van der Waals surface area contributed by atoms with Gasteiger partial charge in [-0.2, -0.15) is 0 Å².